The predicted molar refractivity (Wildman–Crippen MR) is 86.4 cm³/mol. The van der Waals surface area contributed by atoms with Crippen molar-refractivity contribution >= 4 is 35.2 Å². The van der Waals surface area contributed by atoms with Crippen molar-refractivity contribution in [1.82, 2.24) is 0 Å². The molecule has 8 heteroatoms. The summed E-state index contributed by atoms with van der Waals surface area (Å²) in [6, 6.07) is 6.54. The van der Waals surface area contributed by atoms with Crippen LogP contribution in [0.25, 0.3) is 6.08 Å². The number of rotatable bonds is 5. The van der Waals surface area contributed by atoms with E-state index in [-0.39, 0.29) is 16.3 Å². The molecule has 2 aromatic rings. The standard InChI is InChI=1S/C17H11ClF3NO3/c18-12-2-1-3-13(20)11(12)5-7-17(24)25-9-16(23)22-15-8-10(19)4-6-14(15)21/h1-8H,9H2,(H,22,23)/b7-5+. The molecule has 0 saturated heterocycles. The molecular formula is C17H11ClF3NO3. The van der Waals surface area contributed by atoms with Gasteiger partial charge in [-0.25, -0.2) is 18.0 Å². The summed E-state index contributed by atoms with van der Waals surface area (Å²) in [5, 5.41) is 2.16. The number of amides is 1. The van der Waals surface area contributed by atoms with Gasteiger partial charge in [-0.1, -0.05) is 17.7 Å². The topological polar surface area (TPSA) is 55.4 Å². The first-order valence-corrected chi connectivity index (χ1v) is 7.28. The van der Waals surface area contributed by atoms with Crippen molar-refractivity contribution in [3.05, 3.63) is 70.5 Å². The molecule has 1 N–H and O–H groups in total. The van der Waals surface area contributed by atoms with Crippen molar-refractivity contribution in [2.24, 2.45) is 0 Å². The van der Waals surface area contributed by atoms with Gasteiger partial charge in [0.25, 0.3) is 5.91 Å². The first kappa shape index (κ1) is 18.5. The van der Waals surface area contributed by atoms with Crippen LogP contribution in [0.1, 0.15) is 5.56 Å². The van der Waals surface area contributed by atoms with E-state index in [9.17, 15) is 22.8 Å². The first-order valence-electron chi connectivity index (χ1n) is 6.90. The molecule has 0 aliphatic heterocycles. The van der Waals surface area contributed by atoms with Gasteiger partial charge in [-0.05, 0) is 30.3 Å². The second-order valence-corrected chi connectivity index (χ2v) is 5.16. The zero-order valence-corrected chi connectivity index (χ0v) is 13.3. The van der Waals surface area contributed by atoms with Crippen molar-refractivity contribution in [2.45, 2.75) is 0 Å². The third kappa shape index (κ3) is 5.36. The Balaban J connectivity index is 1.90. The summed E-state index contributed by atoms with van der Waals surface area (Å²) >= 11 is 5.78. The Morgan fingerprint density at radius 3 is 2.60 bits per heavy atom. The van der Waals surface area contributed by atoms with Gasteiger partial charge in [-0.2, -0.15) is 0 Å². The molecule has 2 aromatic carbocycles. The SMILES string of the molecule is O=C(COC(=O)/C=C/c1c(F)cccc1Cl)Nc1cc(F)ccc1F. The van der Waals surface area contributed by atoms with Crippen molar-refractivity contribution in [3.8, 4) is 0 Å². The lowest BCUT2D eigenvalue weighted by Crippen LogP contribution is -2.20. The fraction of sp³-hybridized carbons (Fsp3) is 0.0588. The average molecular weight is 370 g/mol. The molecule has 2 rings (SSSR count). The van der Waals surface area contributed by atoms with Crippen LogP contribution in [-0.2, 0) is 14.3 Å². The summed E-state index contributed by atoms with van der Waals surface area (Å²) < 4.78 is 44.5. The molecule has 0 aliphatic carbocycles. The predicted octanol–water partition coefficient (Wildman–Crippen LogP) is 3.95. The number of esters is 1. The summed E-state index contributed by atoms with van der Waals surface area (Å²) in [6.45, 7) is -0.732. The zero-order chi connectivity index (χ0) is 18.4. The number of halogens is 4. The maximum absolute atomic E-state index is 13.5. The van der Waals surface area contributed by atoms with Gasteiger partial charge in [0, 0.05) is 17.7 Å². The molecule has 25 heavy (non-hydrogen) atoms. The lowest BCUT2D eigenvalue weighted by Gasteiger charge is -2.06. The summed E-state index contributed by atoms with van der Waals surface area (Å²) in [4.78, 5) is 23.1. The molecule has 0 saturated carbocycles. The molecule has 0 radical (unpaired) electrons. The molecule has 0 atom stereocenters. The van der Waals surface area contributed by atoms with Crippen LogP contribution in [0.3, 0.4) is 0 Å². The Morgan fingerprint density at radius 2 is 1.88 bits per heavy atom. The second kappa shape index (κ2) is 8.34. The Kier molecular flexibility index (Phi) is 6.19. The molecule has 0 bridgehead atoms. The fourth-order valence-corrected chi connectivity index (χ4v) is 2.01. The molecule has 1 amide bonds. The van der Waals surface area contributed by atoms with Crippen LogP contribution in [-0.4, -0.2) is 18.5 Å². The van der Waals surface area contributed by atoms with E-state index in [1.807, 2.05) is 0 Å². The van der Waals surface area contributed by atoms with Crippen molar-refractivity contribution in [1.29, 1.82) is 0 Å². The van der Waals surface area contributed by atoms with Gasteiger partial charge in [0.2, 0.25) is 0 Å². The smallest absolute Gasteiger partial charge is 0.331 e. The Labute approximate surface area is 145 Å². The first-order chi connectivity index (χ1) is 11.9. The van der Waals surface area contributed by atoms with Crippen LogP contribution in [0.4, 0.5) is 18.9 Å². The molecule has 0 fully saturated rings. The van der Waals surface area contributed by atoms with E-state index in [4.69, 9.17) is 11.6 Å². The van der Waals surface area contributed by atoms with Crippen LogP contribution >= 0.6 is 11.6 Å². The number of hydrogen-bond donors (Lipinski definition) is 1. The number of nitrogens with one attached hydrogen (secondary N) is 1. The van der Waals surface area contributed by atoms with Gasteiger partial charge in [-0.3, -0.25) is 4.79 Å². The molecule has 4 nitrogen and oxygen atoms in total. The largest absolute Gasteiger partial charge is 0.452 e. The van der Waals surface area contributed by atoms with Crippen molar-refractivity contribution in [3.63, 3.8) is 0 Å². The Morgan fingerprint density at radius 1 is 1.12 bits per heavy atom. The number of anilines is 1. The number of carbonyl (C=O) groups is 2. The minimum atomic E-state index is -0.936. The third-order valence-electron chi connectivity index (χ3n) is 2.93. The van der Waals surface area contributed by atoms with E-state index in [0.29, 0.717) is 0 Å². The van der Waals surface area contributed by atoms with Crippen LogP contribution in [0.5, 0.6) is 0 Å². The van der Waals surface area contributed by atoms with Gasteiger partial charge in [0.15, 0.2) is 6.61 Å². The number of hydrogen-bond acceptors (Lipinski definition) is 3. The van der Waals surface area contributed by atoms with Gasteiger partial charge in [0.05, 0.1) is 10.7 Å². The molecular weight excluding hydrogens is 359 g/mol. The lowest BCUT2D eigenvalue weighted by atomic mass is 10.2. The monoisotopic (exact) mass is 369 g/mol. The summed E-state index contributed by atoms with van der Waals surface area (Å²) in [5.74, 6) is -4.01. The minimum Gasteiger partial charge on any atom is -0.452 e. The number of ether oxygens (including phenoxy) is 1. The van der Waals surface area contributed by atoms with Gasteiger partial charge < -0.3 is 10.1 Å². The van der Waals surface area contributed by atoms with Crippen LogP contribution in [0.15, 0.2) is 42.5 Å². The zero-order valence-electron chi connectivity index (χ0n) is 12.6. The quantitative estimate of drug-likeness (QED) is 0.641. The van der Waals surface area contributed by atoms with Crippen molar-refractivity contribution in [2.75, 3.05) is 11.9 Å². The highest BCUT2D eigenvalue weighted by molar-refractivity contribution is 6.32. The van der Waals surface area contributed by atoms with E-state index in [1.165, 1.54) is 12.1 Å². The molecule has 0 spiro atoms. The summed E-state index contributed by atoms with van der Waals surface area (Å²) in [6.07, 6.45) is 1.99. The maximum atomic E-state index is 13.5. The second-order valence-electron chi connectivity index (χ2n) is 4.75. The number of carbonyl (C=O) groups excluding carboxylic acids is 2. The third-order valence-corrected chi connectivity index (χ3v) is 3.26. The van der Waals surface area contributed by atoms with E-state index < -0.39 is 35.9 Å². The minimum absolute atomic E-state index is 0.00704. The highest BCUT2D eigenvalue weighted by atomic mass is 35.5. The maximum Gasteiger partial charge on any atom is 0.331 e. The lowest BCUT2D eigenvalue weighted by molar-refractivity contribution is -0.142. The molecule has 0 aliphatic rings. The summed E-state index contributed by atoms with van der Waals surface area (Å²) in [5.41, 5.74) is -0.387. The van der Waals surface area contributed by atoms with Crippen LogP contribution < -0.4 is 5.32 Å². The van der Waals surface area contributed by atoms with Crippen molar-refractivity contribution < 1.29 is 27.5 Å². The Bertz CT molecular complexity index is 820. The molecule has 0 unspecified atom stereocenters. The molecule has 0 aromatic heterocycles. The van der Waals surface area contributed by atoms with Gasteiger partial charge in [0.1, 0.15) is 17.5 Å². The normalized spacial score (nSPS) is 10.7. The number of benzene rings is 2. The highest BCUT2D eigenvalue weighted by Gasteiger charge is 2.10. The van der Waals surface area contributed by atoms with E-state index in [1.54, 1.807) is 0 Å². The van der Waals surface area contributed by atoms with Crippen LogP contribution in [0.2, 0.25) is 5.02 Å². The Hall–Kier alpha value is -2.80. The van der Waals surface area contributed by atoms with E-state index >= 15 is 0 Å². The van der Waals surface area contributed by atoms with Gasteiger partial charge in [-0.15, -0.1) is 0 Å². The summed E-state index contributed by atoms with van der Waals surface area (Å²) in [7, 11) is 0. The van der Waals surface area contributed by atoms with E-state index in [0.717, 1.165) is 36.4 Å². The fourth-order valence-electron chi connectivity index (χ4n) is 1.79. The highest BCUT2D eigenvalue weighted by Crippen LogP contribution is 2.20. The molecule has 130 valence electrons. The van der Waals surface area contributed by atoms with E-state index in [2.05, 4.69) is 10.1 Å². The average Bonchev–Trinajstić information content (AvgIpc) is 2.56. The molecule has 0 heterocycles. The van der Waals surface area contributed by atoms with Gasteiger partial charge >= 0.3 is 5.97 Å². The van der Waals surface area contributed by atoms with Crippen LogP contribution in [0, 0.1) is 17.5 Å².